The number of rotatable bonds is 2. The fourth-order valence-corrected chi connectivity index (χ4v) is 2.62. The van der Waals surface area contributed by atoms with Crippen LogP contribution in [0.25, 0.3) is 22.1 Å². The van der Waals surface area contributed by atoms with Gasteiger partial charge in [-0.15, -0.1) is 0 Å². The van der Waals surface area contributed by atoms with E-state index in [1.165, 1.54) is 6.26 Å². The second-order valence-corrected chi connectivity index (χ2v) is 6.01. The molecule has 1 aromatic heterocycles. The molecule has 0 fully saturated rings. The van der Waals surface area contributed by atoms with Crippen LogP contribution in [0.2, 0.25) is 0 Å². The minimum absolute atomic E-state index is 0.0121. The van der Waals surface area contributed by atoms with E-state index < -0.39 is 23.2 Å². The second kappa shape index (κ2) is 8.18. The second-order valence-electron chi connectivity index (χ2n) is 6.01. The predicted molar refractivity (Wildman–Crippen MR) is 106 cm³/mol. The lowest BCUT2D eigenvalue weighted by Gasteiger charge is -2.01. The van der Waals surface area contributed by atoms with Gasteiger partial charge >= 0.3 is 5.97 Å². The van der Waals surface area contributed by atoms with Crippen LogP contribution in [-0.2, 0) is 0 Å². The normalized spacial score (nSPS) is 10.2. The Bertz CT molecular complexity index is 1200. The zero-order chi connectivity index (χ0) is 21.0. The summed E-state index contributed by atoms with van der Waals surface area (Å²) in [5.41, 5.74) is 1.83. The molecule has 146 valence electrons. The van der Waals surface area contributed by atoms with E-state index in [1.807, 2.05) is 42.5 Å². The Morgan fingerprint density at radius 1 is 0.828 bits per heavy atom. The highest BCUT2D eigenvalue weighted by Gasteiger charge is 2.11. The number of benzene rings is 3. The molecular weight excluding hydrogens is 376 g/mol. The molecule has 0 aliphatic carbocycles. The van der Waals surface area contributed by atoms with Crippen LogP contribution in [0, 0.1) is 0 Å². The summed E-state index contributed by atoms with van der Waals surface area (Å²) < 4.78 is 5.48. The summed E-state index contributed by atoms with van der Waals surface area (Å²) in [5, 5.41) is 35.6. The van der Waals surface area contributed by atoms with Gasteiger partial charge in [0, 0.05) is 0 Å². The van der Waals surface area contributed by atoms with E-state index in [9.17, 15) is 9.59 Å². The summed E-state index contributed by atoms with van der Waals surface area (Å²) in [6, 6.07) is 18.5. The molecule has 0 unspecified atom stereocenters. The van der Waals surface area contributed by atoms with Crippen molar-refractivity contribution in [3.05, 3.63) is 88.8 Å². The van der Waals surface area contributed by atoms with Crippen LogP contribution in [-0.4, -0.2) is 26.4 Å². The van der Waals surface area contributed by atoms with Crippen molar-refractivity contribution in [3.63, 3.8) is 0 Å². The number of aromatic carboxylic acids is 1. The number of carboxylic acid groups (broad SMARTS) is 1. The van der Waals surface area contributed by atoms with Crippen molar-refractivity contribution >= 4 is 16.9 Å². The highest BCUT2D eigenvalue weighted by atomic mass is 16.4. The van der Waals surface area contributed by atoms with E-state index in [4.69, 9.17) is 24.8 Å². The smallest absolute Gasteiger partial charge is 0.335 e. The quantitative estimate of drug-likeness (QED) is 0.380. The van der Waals surface area contributed by atoms with E-state index in [-0.39, 0.29) is 11.0 Å². The van der Waals surface area contributed by atoms with E-state index in [0.29, 0.717) is 16.5 Å². The Morgan fingerprint density at radius 2 is 1.41 bits per heavy atom. The van der Waals surface area contributed by atoms with Crippen LogP contribution in [0.1, 0.15) is 10.4 Å². The molecule has 0 radical (unpaired) electrons. The highest BCUT2D eigenvalue weighted by molar-refractivity contribution is 5.89. The van der Waals surface area contributed by atoms with Gasteiger partial charge in [0.1, 0.15) is 11.8 Å². The predicted octanol–water partition coefficient (Wildman–Crippen LogP) is 3.96. The first kappa shape index (κ1) is 19.5. The monoisotopic (exact) mass is 392 g/mol. The lowest BCUT2D eigenvalue weighted by Crippen LogP contribution is -2.04. The van der Waals surface area contributed by atoms with Gasteiger partial charge in [-0.2, -0.15) is 0 Å². The van der Waals surface area contributed by atoms with Gasteiger partial charge in [-0.1, -0.05) is 42.5 Å². The van der Waals surface area contributed by atoms with E-state index in [1.54, 1.807) is 12.1 Å². The van der Waals surface area contributed by atoms with E-state index in [0.717, 1.165) is 17.7 Å². The molecule has 29 heavy (non-hydrogen) atoms. The maximum atomic E-state index is 12.3. The van der Waals surface area contributed by atoms with Gasteiger partial charge in [0.25, 0.3) is 0 Å². The number of hydrogen-bond donors (Lipinski definition) is 4. The molecule has 0 spiro atoms. The molecule has 4 rings (SSSR count). The third-order valence-electron chi connectivity index (χ3n) is 4.08. The molecule has 0 saturated carbocycles. The zero-order valence-corrected chi connectivity index (χ0v) is 14.9. The summed E-state index contributed by atoms with van der Waals surface area (Å²) in [6.07, 6.45) is 1.53. The highest BCUT2D eigenvalue weighted by Crippen LogP contribution is 2.35. The van der Waals surface area contributed by atoms with Gasteiger partial charge in [0.05, 0.1) is 16.5 Å². The SMILES string of the molecule is O=C(O)c1cc(O)c(O)c(O)c1.O=c1c(-c2ccccc2)coc2ccccc12. The number of carboxylic acids is 1. The van der Waals surface area contributed by atoms with Crippen molar-refractivity contribution in [1.82, 2.24) is 0 Å². The first-order valence-corrected chi connectivity index (χ1v) is 8.42. The van der Waals surface area contributed by atoms with Crippen molar-refractivity contribution in [2.75, 3.05) is 0 Å². The lowest BCUT2D eigenvalue weighted by molar-refractivity contribution is 0.0696. The molecule has 0 saturated heterocycles. The van der Waals surface area contributed by atoms with Gasteiger partial charge in [-0.3, -0.25) is 4.79 Å². The first-order valence-electron chi connectivity index (χ1n) is 8.42. The largest absolute Gasteiger partial charge is 0.504 e. The fourth-order valence-electron chi connectivity index (χ4n) is 2.62. The third-order valence-corrected chi connectivity index (χ3v) is 4.08. The van der Waals surface area contributed by atoms with Crippen LogP contribution in [0.15, 0.2) is 82.2 Å². The van der Waals surface area contributed by atoms with Gasteiger partial charge in [-0.25, -0.2) is 4.79 Å². The van der Waals surface area contributed by atoms with E-state index >= 15 is 0 Å². The molecule has 0 aliphatic heterocycles. The van der Waals surface area contributed by atoms with Crippen LogP contribution >= 0.6 is 0 Å². The average molecular weight is 392 g/mol. The maximum Gasteiger partial charge on any atom is 0.335 e. The molecular formula is C22H16O7. The molecule has 3 aromatic carbocycles. The number of fused-ring (bicyclic) bond motifs is 1. The first-order chi connectivity index (χ1) is 13.9. The molecule has 0 aliphatic rings. The summed E-state index contributed by atoms with van der Waals surface area (Å²) in [7, 11) is 0. The number of phenolic OH excluding ortho intramolecular Hbond substituents is 3. The molecule has 4 aromatic rings. The van der Waals surface area contributed by atoms with Gasteiger partial charge in [0.15, 0.2) is 22.7 Å². The zero-order valence-electron chi connectivity index (χ0n) is 14.9. The molecule has 0 atom stereocenters. The summed E-state index contributed by atoms with van der Waals surface area (Å²) in [5.74, 6) is -3.33. The number of aromatic hydroxyl groups is 3. The van der Waals surface area contributed by atoms with Crippen LogP contribution in [0.5, 0.6) is 17.2 Å². The van der Waals surface area contributed by atoms with Gasteiger partial charge in [0.2, 0.25) is 0 Å². The number of phenols is 3. The van der Waals surface area contributed by atoms with Crippen LogP contribution in [0.3, 0.4) is 0 Å². The number of hydrogen-bond acceptors (Lipinski definition) is 6. The minimum atomic E-state index is -1.29. The Kier molecular flexibility index (Phi) is 5.50. The van der Waals surface area contributed by atoms with Crippen molar-refractivity contribution in [2.45, 2.75) is 0 Å². The average Bonchev–Trinajstić information content (AvgIpc) is 2.73. The van der Waals surface area contributed by atoms with Crippen molar-refractivity contribution < 1.29 is 29.6 Å². The Morgan fingerprint density at radius 3 is 2.03 bits per heavy atom. The molecule has 0 bridgehead atoms. The summed E-state index contributed by atoms with van der Waals surface area (Å²) >= 11 is 0. The van der Waals surface area contributed by atoms with Gasteiger partial charge < -0.3 is 24.8 Å². The van der Waals surface area contributed by atoms with Crippen molar-refractivity contribution in [1.29, 1.82) is 0 Å². The molecule has 0 amide bonds. The summed E-state index contributed by atoms with van der Waals surface area (Å²) in [4.78, 5) is 22.6. The van der Waals surface area contributed by atoms with E-state index in [2.05, 4.69) is 0 Å². The molecule has 4 N–H and O–H groups in total. The lowest BCUT2D eigenvalue weighted by atomic mass is 10.1. The molecule has 7 heteroatoms. The topological polar surface area (TPSA) is 128 Å². The van der Waals surface area contributed by atoms with Crippen LogP contribution in [0.4, 0.5) is 0 Å². The molecule has 7 nitrogen and oxygen atoms in total. The maximum absolute atomic E-state index is 12.3. The Balaban J connectivity index is 0.000000177. The van der Waals surface area contributed by atoms with Crippen molar-refractivity contribution in [2.24, 2.45) is 0 Å². The Labute approximate surface area is 164 Å². The van der Waals surface area contributed by atoms with Gasteiger partial charge in [-0.05, 0) is 29.8 Å². The standard InChI is InChI=1S/C15H10O2.C7H6O5/c16-15-12-8-4-5-9-14(12)17-10-13(15)11-6-2-1-3-7-11;8-4-1-3(7(11)12)2-5(9)6(4)10/h1-10H;1-2,8-10H,(H,11,12). The Hall–Kier alpha value is -4.26. The van der Waals surface area contributed by atoms with Crippen molar-refractivity contribution in [3.8, 4) is 28.4 Å². The fraction of sp³-hybridized carbons (Fsp3) is 0. The third kappa shape index (κ3) is 4.19. The number of para-hydroxylation sites is 1. The summed E-state index contributed by atoms with van der Waals surface area (Å²) in [6.45, 7) is 0. The van der Waals surface area contributed by atoms with Crippen LogP contribution < -0.4 is 5.43 Å². The molecule has 1 heterocycles. The minimum Gasteiger partial charge on any atom is -0.504 e. The number of carbonyl (C=O) groups is 1.